The normalized spacial score (nSPS) is 11.3. The van der Waals surface area contributed by atoms with Crippen molar-refractivity contribution in [3.05, 3.63) is 69.0 Å². The van der Waals surface area contributed by atoms with Gasteiger partial charge in [0.1, 0.15) is 6.07 Å². The van der Waals surface area contributed by atoms with Crippen LogP contribution in [0.4, 0.5) is 5.69 Å². The first-order valence-corrected chi connectivity index (χ1v) is 9.76. The van der Waals surface area contributed by atoms with Crippen LogP contribution in [0.15, 0.2) is 46.9 Å². The highest BCUT2D eigenvalue weighted by Gasteiger charge is 2.11. The van der Waals surface area contributed by atoms with Crippen molar-refractivity contribution in [2.75, 3.05) is 5.43 Å². The van der Waals surface area contributed by atoms with Crippen molar-refractivity contribution in [1.82, 2.24) is 4.98 Å². The van der Waals surface area contributed by atoms with Crippen LogP contribution in [-0.4, -0.2) is 10.7 Å². The topological polar surface area (TPSA) is 61.1 Å². The van der Waals surface area contributed by atoms with E-state index in [9.17, 15) is 5.26 Å². The molecule has 27 heavy (non-hydrogen) atoms. The predicted octanol–water partition coefficient (Wildman–Crippen LogP) is 5.64. The zero-order chi connectivity index (χ0) is 19.4. The quantitative estimate of drug-likeness (QED) is 0.464. The molecule has 2 aromatic carbocycles. The van der Waals surface area contributed by atoms with E-state index >= 15 is 0 Å². The summed E-state index contributed by atoms with van der Waals surface area (Å²) in [5.41, 5.74) is 10.9. The molecule has 0 aliphatic heterocycles. The molecule has 0 atom stereocenters. The fourth-order valence-electron chi connectivity index (χ4n) is 3.02. The molecule has 0 aliphatic carbocycles. The summed E-state index contributed by atoms with van der Waals surface area (Å²) >= 11 is 1.43. The third-order valence-corrected chi connectivity index (χ3v) is 5.28. The van der Waals surface area contributed by atoms with E-state index in [0.29, 0.717) is 5.01 Å². The van der Waals surface area contributed by atoms with E-state index in [2.05, 4.69) is 71.8 Å². The van der Waals surface area contributed by atoms with E-state index < -0.39 is 0 Å². The molecule has 3 aromatic rings. The highest BCUT2D eigenvalue weighted by molar-refractivity contribution is 7.12. The molecular weight excluding hydrogens is 352 g/mol. The smallest absolute Gasteiger partial charge is 0.196 e. The number of nitriles is 1. The summed E-state index contributed by atoms with van der Waals surface area (Å²) < 4.78 is 0. The van der Waals surface area contributed by atoms with Crippen molar-refractivity contribution in [2.24, 2.45) is 5.10 Å². The Bertz CT molecular complexity index is 1000. The van der Waals surface area contributed by atoms with Crippen LogP contribution in [0, 0.1) is 32.1 Å². The number of anilines is 1. The van der Waals surface area contributed by atoms with Gasteiger partial charge in [0.15, 0.2) is 10.7 Å². The van der Waals surface area contributed by atoms with Gasteiger partial charge in [-0.25, -0.2) is 4.98 Å². The number of thiazole rings is 1. The third kappa shape index (κ3) is 4.24. The first-order valence-electron chi connectivity index (χ1n) is 8.88. The molecule has 0 unspecified atom stereocenters. The van der Waals surface area contributed by atoms with Crippen LogP contribution in [0.1, 0.15) is 34.2 Å². The molecule has 0 aliphatic rings. The second-order valence-corrected chi connectivity index (χ2v) is 7.40. The lowest BCUT2D eigenvalue weighted by Gasteiger charge is -2.10. The number of rotatable bonds is 5. The second kappa shape index (κ2) is 8.15. The summed E-state index contributed by atoms with van der Waals surface area (Å²) in [6.45, 7) is 8.27. The number of aromatic nitrogens is 1. The highest BCUT2D eigenvalue weighted by Crippen LogP contribution is 2.24. The zero-order valence-corrected chi connectivity index (χ0v) is 16.8. The summed E-state index contributed by atoms with van der Waals surface area (Å²) in [6.07, 6.45) is 1.01. The van der Waals surface area contributed by atoms with Crippen molar-refractivity contribution in [1.29, 1.82) is 5.26 Å². The van der Waals surface area contributed by atoms with Crippen molar-refractivity contribution >= 4 is 22.7 Å². The standard InChI is InChI=1S/C22H22N4S/c1-5-17-6-8-18(9-7-17)20-13-27-22(24-20)19(12-23)25-26-21-15(3)10-14(2)11-16(21)4/h6-11,13,26H,5H2,1-4H3. The summed E-state index contributed by atoms with van der Waals surface area (Å²) in [7, 11) is 0. The van der Waals surface area contributed by atoms with E-state index in [4.69, 9.17) is 0 Å². The summed E-state index contributed by atoms with van der Waals surface area (Å²) in [4.78, 5) is 4.60. The summed E-state index contributed by atoms with van der Waals surface area (Å²) in [5, 5.41) is 16.4. The lowest BCUT2D eigenvalue weighted by Crippen LogP contribution is -2.03. The molecule has 1 heterocycles. The van der Waals surface area contributed by atoms with Crippen LogP contribution in [0.5, 0.6) is 0 Å². The number of aryl methyl sites for hydroxylation is 4. The molecule has 0 saturated heterocycles. The number of nitrogens with one attached hydrogen (secondary N) is 1. The lowest BCUT2D eigenvalue weighted by molar-refractivity contribution is 1.14. The van der Waals surface area contributed by atoms with Crippen LogP contribution in [0.2, 0.25) is 0 Å². The Morgan fingerprint density at radius 3 is 2.41 bits per heavy atom. The summed E-state index contributed by atoms with van der Waals surface area (Å²) in [5.74, 6) is 0. The second-order valence-electron chi connectivity index (χ2n) is 6.55. The molecule has 0 saturated carbocycles. The maximum atomic E-state index is 9.53. The molecular formula is C22H22N4S. The van der Waals surface area contributed by atoms with Crippen LogP contribution < -0.4 is 5.43 Å². The van der Waals surface area contributed by atoms with Gasteiger partial charge in [-0.1, -0.05) is 48.9 Å². The molecule has 5 heteroatoms. The predicted molar refractivity (Wildman–Crippen MR) is 113 cm³/mol. The molecule has 0 spiro atoms. The van der Waals surface area contributed by atoms with Gasteiger partial charge in [-0.3, -0.25) is 5.43 Å². The maximum absolute atomic E-state index is 9.53. The molecule has 136 valence electrons. The van der Waals surface area contributed by atoms with Crippen molar-refractivity contribution < 1.29 is 0 Å². The first kappa shape index (κ1) is 18.8. The minimum atomic E-state index is 0.288. The van der Waals surface area contributed by atoms with Gasteiger partial charge in [0, 0.05) is 10.9 Å². The average molecular weight is 375 g/mol. The van der Waals surface area contributed by atoms with Crippen LogP contribution >= 0.6 is 11.3 Å². The third-order valence-electron chi connectivity index (χ3n) is 4.43. The van der Waals surface area contributed by atoms with E-state index in [1.165, 1.54) is 22.5 Å². The molecule has 0 fully saturated rings. The molecule has 1 aromatic heterocycles. The van der Waals surface area contributed by atoms with Gasteiger partial charge in [-0.2, -0.15) is 10.4 Å². The van der Waals surface area contributed by atoms with Gasteiger partial charge in [0.25, 0.3) is 0 Å². The Morgan fingerprint density at radius 1 is 1.15 bits per heavy atom. The minimum Gasteiger partial charge on any atom is -0.277 e. The highest BCUT2D eigenvalue weighted by atomic mass is 32.1. The van der Waals surface area contributed by atoms with Gasteiger partial charge in [-0.15, -0.1) is 11.3 Å². The molecule has 0 radical (unpaired) electrons. The van der Waals surface area contributed by atoms with Crippen molar-refractivity contribution in [2.45, 2.75) is 34.1 Å². The van der Waals surface area contributed by atoms with E-state index in [-0.39, 0.29) is 5.71 Å². The fraction of sp³-hybridized carbons (Fsp3) is 0.227. The number of hydrogen-bond acceptors (Lipinski definition) is 5. The molecule has 3 rings (SSSR count). The first-order chi connectivity index (χ1) is 13.0. The van der Waals surface area contributed by atoms with Gasteiger partial charge in [-0.05, 0) is 43.9 Å². The Balaban J connectivity index is 1.85. The van der Waals surface area contributed by atoms with Crippen LogP contribution in [-0.2, 0) is 6.42 Å². The van der Waals surface area contributed by atoms with Crippen molar-refractivity contribution in [3.8, 4) is 17.3 Å². The maximum Gasteiger partial charge on any atom is 0.196 e. The monoisotopic (exact) mass is 374 g/mol. The van der Waals surface area contributed by atoms with Crippen LogP contribution in [0.25, 0.3) is 11.3 Å². The number of hydrogen-bond donors (Lipinski definition) is 1. The van der Waals surface area contributed by atoms with E-state index in [0.717, 1.165) is 34.5 Å². The van der Waals surface area contributed by atoms with E-state index in [1.807, 2.05) is 19.2 Å². The number of benzene rings is 2. The van der Waals surface area contributed by atoms with Crippen molar-refractivity contribution in [3.63, 3.8) is 0 Å². The van der Waals surface area contributed by atoms with Crippen LogP contribution in [0.3, 0.4) is 0 Å². The van der Waals surface area contributed by atoms with E-state index in [1.54, 1.807) is 0 Å². The minimum absolute atomic E-state index is 0.288. The average Bonchev–Trinajstić information content (AvgIpc) is 3.14. The molecule has 0 bridgehead atoms. The zero-order valence-electron chi connectivity index (χ0n) is 16.0. The molecule has 1 N–H and O–H groups in total. The Kier molecular flexibility index (Phi) is 5.68. The fourth-order valence-corrected chi connectivity index (χ4v) is 3.78. The SMILES string of the molecule is CCc1ccc(-c2csc(C(C#N)=NNc3c(C)cc(C)cc3C)n2)cc1. The Hall–Kier alpha value is -2.97. The van der Waals surface area contributed by atoms with Gasteiger partial charge in [0.05, 0.1) is 11.4 Å². The number of hydrazone groups is 1. The number of nitrogens with zero attached hydrogens (tertiary/aromatic N) is 3. The lowest BCUT2D eigenvalue weighted by atomic mass is 10.1. The van der Waals surface area contributed by atoms with Gasteiger partial charge >= 0.3 is 0 Å². The molecule has 0 amide bonds. The Labute approximate surface area is 164 Å². The summed E-state index contributed by atoms with van der Waals surface area (Å²) in [6, 6.07) is 14.7. The Morgan fingerprint density at radius 2 is 1.81 bits per heavy atom. The van der Waals surface area contributed by atoms with Gasteiger partial charge < -0.3 is 0 Å². The largest absolute Gasteiger partial charge is 0.277 e. The van der Waals surface area contributed by atoms with Gasteiger partial charge in [0.2, 0.25) is 0 Å². The molecule has 4 nitrogen and oxygen atoms in total.